The van der Waals surface area contributed by atoms with Crippen molar-refractivity contribution in [3.8, 4) is 0 Å². The average molecular weight is 485 g/mol. The third kappa shape index (κ3) is 5.59. The Balaban J connectivity index is 1.31. The number of H-pyrrole nitrogens is 1. The van der Waals surface area contributed by atoms with Gasteiger partial charge in [-0.25, -0.2) is 4.98 Å². The minimum atomic E-state index is -0.0313. The Hall–Kier alpha value is -2.37. The van der Waals surface area contributed by atoms with E-state index in [1.54, 1.807) is 11.9 Å². The van der Waals surface area contributed by atoms with E-state index in [1.807, 2.05) is 31.3 Å². The first-order valence-electron chi connectivity index (χ1n) is 11.5. The molecule has 1 aliphatic rings. The Bertz CT molecular complexity index is 1090. The van der Waals surface area contributed by atoms with Crippen molar-refractivity contribution in [2.45, 2.75) is 52.0 Å². The van der Waals surface area contributed by atoms with Crippen molar-refractivity contribution in [3.05, 3.63) is 80.8 Å². The molecule has 1 aromatic carbocycles. The summed E-state index contributed by atoms with van der Waals surface area (Å²) < 4.78 is 0. The second-order valence-electron chi connectivity index (χ2n) is 9.31. The molecular weight excluding hydrogens is 455 g/mol. The average Bonchev–Trinajstić information content (AvgIpc) is 3.41. The molecule has 1 fully saturated rings. The first-order chi connectivity index (χ1) is 15.8. The normalized spacial score (nSPS) is 18.9. The minimum absolute atomic E-state index is 0.0313. The van der Waals surface area contributed by atoms with E-state index >= 15 is 0 Å². The molecule has 0 radical (unpaired) electrons. The predicted octanol–water partition coefficient (Wildman–Crippen LogP) is 6.45. The number of amides is 1. The van der Waals surface area contributed by atoms with Crippen LogP contribution in [0.4, 0.5) is 0 Å². The Kier molecular flexibility index (Phi) is 7.40. The van der Waals surface area contributed by atoms with Gasteiger partial charge >= 0.3 is 0 Å². The van der Waals surface area contributed by atoms with E-state index in [1.165, 1.54) is 30.4 Å². The van der Waals surface area contributed by atoms with Gasteiger partial charge in [0.25, 0.3) is 5.91 Å². The largest absolute Gasteiger partial charge is 0.336 e. The molecule has 0 aliphatic heterocycles. The Morgan fingerprint density at radius 3 is 2.58 bits per heavy atom. The van der Waals surface area contributed by atoms with Gasteiger partial charge < -0.3 is 4.90 Å². The van der Waals surface area contributed by atoms with Crippen LogP contribution in [0.5, 0.6) is 0 Å². The standard InChI is InChI=1S/C26H30Cl2N4O/c1-16(22-10-11-24(27)29-14-22)21-9-6-19(13-21)12-18-4-7-20(8-5-18)26(33)32(3)15-23-25(28)17(2)30-31-23/h4-5,7-8,10-11,14,16,19,21H,6,9,12-13,15H2,1-3H3,(H,30,31)/t16-,19?,21-/m0/s1. The Morgan fingerprint density at radius 1 is 1.18 bits per heavy atom. The number of aryl methyl sites for hydroxylation is 1. The molecule has 5 nitrogen and oxygen atoms in total. The lowest BCUT2D eigenvalue weighted by atomic mass is 9.86. The van der Waals surface area contributed by atoms with Crippen LogP contribution in [-0.2, 0) is 13.0 Å². The molecular formula is C26H30Cl2N4O. The molecule has 33 heavy (non-hydrogen) atoms. The summed E-state index contributed by atoms with van der Waals surface area (Å²) in [4.78, 5) is 18.7. The van der Waals surface area contributed by atoms with E-state index in [0.29, 0.717) is 40.0 Å². The molecule has 1 saturated carbocycles. The van der Waals surface area contributed by atoms with Gasteiger partial charge in [0.1, 0.15) is 5.15 Å². The fraction of sp³-hybridized carbons (Fsp3) is 0.423. The van der Waals surface area contributed by atoms with Gasteiger partial charge in [0, 0.05) is 18.8 Å². The maximum atomic E-state index is 12.8. The van der Waals surface area contributed by atoms with Gasteiger partial charge in [-0.1, -0.05) is 48.3 Å². The molecule has 0 bridgehead atoms. The van der Waals surface area contributed by atoms with Crippen LogP contribution in [0.2, 0.25) is 10.2 Å². The summed E-state index contributed by atoms with van der Waals surface area (Å²) in [7, 11) is 1.78. The van der Waals surface area contributed by atoms with Crippen LogP contribution in [0.15, 0.2) is 42.6 Å². The van der Waals surface area contributed by atoms with Crippen molar-refractivity contribution in [1.82, 2.24) is 20.1 Å². The van der Waals surface area contributed by atoms with Gasteiger partial charge in [-0.3, -0.25) is 9.89 Å². The predicted molar refractivity (Wildman–Crippen MR) is 133 cm³/mol. The van der Waals surface area contributed by atoms with E-state index in [2.05, 4.69) is 40.3 Å². The molecule has 1 amide bonds. The van der Waals surface area contributed by atoms with E-state index in [-0.39, 0.29) is 5.91 Å². The van der Waals surface area contributed by atoms with Gasteiger partial charge in [0.2, 0.25) is 0 Å². The van der Waals surface area contributed by atoms with E-state index < -0.39 is 0 Å². The maximum Gasteiger partial charge on any atom is 0.253 e. The fourth-order valence-corrected chi connectivity index (χ4v) is 5.16. The lowest BCUT2D eigenvalue weighted by molar-refractivity contribution is 0.0783. The van der Waals surface area contributed by atoms with Crippen molar-refractivity contribution >= 4 is 29.1 Å². The van der Waals surface area contributed by atoms with E-state index in [9.17, 15) is 4.79 Å². The van der Waals surface area contributed by atoms with Crippen LogP contribution < -0.4 is 0 Å². The lowest BCUT2D eigenvalue weighted by Gasteiger charge is -2.20. The van der Waals surface area contributed by atoms with Crippen molar-refractivity contribution in [1.29, 1.82) is 0 Å². The van der Waals surface area contributed by atoms with Gasteiger partial charge in [-0.05, 0) is 79.7 Å². The van der Waals surface area contributed by atoms with Crippen molar-refractivity contribution in [2.24, 2.45) is 11.8 Å². The van der Waals surface area contributed by atoms with Crippen LogP contribution in [-0.4, -0.2) is 33.0 Å². The Morgan fingerprint density at radius 2 is 1.94 bits per heavy atom. The second-order valence-corrected chi connectivity index (χ2v) is 10.1. The molecule has 1 aliphatic carbocycles. The number of rotatable bonds is 7. The van der Waals surface area contributed by atoms with Crippen LogP contribution in [0.25, 0.3) is 0 Å². The van der Waals surface area contributed by atoms with Crippen molar-refractivity contribution in [3.63, 3.8) is 0 Å². The summed E-state index contributed by atoms with van der Waals surface area (Å²) in [6.07, 6.45) is 6.66. The zero-order chi connectivity index (χ0) is 23.5. The van der Waals surface area contributed by atoms with Gasteiger partial charge in [-0.2, -0.15) is 5.10 Å². The maximum absolute atomic E-state index is 12.8. The monoisotopic (exact) mass is 484 g/mol. The summed E-state index contributed by atoms with van der Waals surface area (Å²) in [5, 5.41) is 8.12. The van der Waals surface area contributed by atoms with Crippen LogP contribution >= 0.6 is 23.2 Å². The SMILES string of the molecule is Cc1n[nH]c(CN(C)C(=O)c2ccc(CC3CC[C@H]([C@H](C)c4ccc(Cl)nc4)C3)cc2)c1Cl. The van der Waals surface area contributed by atoms with Crippen molar-refractivity contribution < 1.29 is 4.79 Å². The highest BCUT2D eigenvalue weighted by Crippen LogP contribution is 2.41. The third-order valence-corrected chi connectivity index (χ3v) is 7.70. The molecule has 2 heterocycles. The molecule has 4 rings (SSSR count). The van der Waals surface area contributed by atoms with Crippen LogP contribution in [0.1, 0.15) is 65.0 Å². The highest BCUT2D eigenvalue weighted by molar-refractivity contribution is 6.31. The first-order valence-corrected chi connectivity index (χ1v) is 12.2. The molecule has 7 heteroatoms. The van der Waals surface area contributed by atoms with Crippen LogP contribution in [0, 0.1) is 18.8 Å². The second kappa shape index (κ2) is 10.3. The molecule has 1 unspecified atom stereocenters. The topological polar surface area (TPSA) is 61.9 Å². The zero-order valence-electron chi connectivity index (χ0n) is 19.3. The quantitative estimate of drug-likeness (QED) is 0.391. The fourth-order valence-electron chi connectivity index (χ4n) is 4.90. The minimum Gasteiger partial charge on any atom is -0.336 e. The number of aromatic nitrogens is 3. The molecule has 3 aromatic rings. The zero-order valence-corrected chi connectivity index (χ0v) is 20.8. The molecule has 2 aromatic heterocycles. The molecule has 1 N–H and O–H groups in total. The highest BCUT2D eigenvalue weighted by atomic mass is 35.5. The third-order valence-electron chi connectivity index (χ3n) is 6.97. The number of carbonyl (C=O) groups excluding carboxylic acids is 1. The number of hydrogen-bond acceptors (Lipinski definition) is 3. The van der Waals surface area contributed by atoms with Gasteiger partial charge in [-0.15, -0.1) is 0 Å². The molecule has 174 valence electrons. The number of benzene rings is 1. The highest BCUT2D eigenvalue weighted by Gasteiger charge is 2.29. The first kappa shape index (κ1) is 23.8. The number of aromatic amines is 1. The number of carbonyl (C=O) groups is 1. The molecule has 0 spiro atoms. The lowest BCUT2D eigenvalue weighted by Crippen LogP contribution is -2.26. The number of nitrogens with zero attached hydrogens (tertiary/aromatic N) is 3. The molecule has 3 atom stereocenters. The van der Waals surface area contributed by atoms with Crippen LogP contribution in [0.3, 0.4) is 0 Å². The summed E-state index contributed by atoms with van der Waals surface area (Å²) in [6.45, 7) is 4.53. The molecule has 0 saturated heterocycles. The number of hydrogen-bond donors (Lipinski definition) is 1. The van der Waals surface area contributed by atoms with Crippen molar-refractivity contribution in [2.75, 3.05) is 7.05 Å². The summed E-state index contributed by atoms with van der Waals surface area (Å²) >= 11 is 12.2. The summed E-state index contributed by atoms with van der Waals surface area (Å²) in [5.41, 5.74) is 4.73. The number of nitrogens with one attached hydrogen (secondary N) is 1. The summed E-state index contributed by atoms with van der Waals surface area (Å²) in [6, 6.07) is 12.0. The van der Waals surface area contributed by atoms with E-state index in [4.69, 9.17) is 23.2 Å². The Labute approximate surface area is 205 Å². The summed E-state index contributed by atoms with van der Waals surface area (Å²) in [5.74, 6) is 1.80. The smallest absolute Gasteiger partial charge is 0.253 e. The van der Waals surface area contributed by atoms with Gasteiger partial charge in [0.15, 0.2) is 0 Å². The van der Waals surface area contributed by atoms with Gasteiger partial charge in [0.05, 0.1) is 23.0 Å². The number of pyridine rings is 1. The number of halogens is 2. The van der Waals surface area contributed by atoms with E-state index in [0.717, 1.165) is 17.8 Å².